The first-order valence-electron chi connectivity index (χ1n) is 8.85. The molecule has 2 aromatic rings. The fourth-order valence-electron chi connectivity index (χ4n) is 3.12. The molecule has 0 saturated carbocycles. The summed E-state index contributed by atoms with van der Waals surface area (Å²) in [4.78, 5) is -0.530. The molecule has 1 saturated heterocycles. The molecule has 0 spiro atoms. The number of halogens is 4. The second kappa shape index (κ2) is 8.46. The summed E-state index contributed by atoms with van der Waals surface area (Å²) in [6.45, 7) is -0.117. The molecular weight excluding hydrogens is 465 g/mol. The summed E-state index contributed by atoms with van der Waals surface area (Å²) >= 11 is 5.87. The van der Waals surface area contributed by atoms with E-state index in [0.717, 1.165) is 10.4 Å². The van der Waals surface area contributed by atoms with E-state index in [2.05, 4.69) is 4.72 Å². The molecule has 30 heavy (non-hydrogen) atoms. The number of hydrogen-bond acceptors (Lipinski definition) is 4. The van der Waals surface area contributed by atoms with Gasteiger partial charge in [-0.05, 0) is 43.2 Å². The summed E-state index contributed by atoms with van der Waals surface area (Å²) in [5.41, 5.74) is -1.11. The van der Waals surface area contributed by atoms with Gasteiger partial charge in [-0.2, -0.15) is 17.5 Å². The van der Waals surface area contributed by atoms with Crippen LogP contribution in [-0.2, 0) is 26.2 Å². The Morgan fingerprint density at radius 3 is 2.13 bits per heavy atom. The second-order valence-corrected chi connectivity index (χ2v) is 10.8. The van der Waals surface area contributed by atoms with Crippen LogP contribution in [0.25, 0.3) is 0 Å². The van der Waals surface area contributed by atoms with Gasteiger partial charge in [0.25, 0.3) is 0 Å². The van der Waals surface area contributed by atoms with Crippen LogP contribution in [0.15, 0.2) is 58.3 Å². The Bertz CT molecular complexity index is 1120. The van der Waals surface area contributed by atoms with E-state index in [1.807, 2.05) is 0 Å². The number of piperidine rings is 1. The van der Waals surface area contributed by atoms with Crippen LogP contribution in [-0.4, -0.2) is 40.3 Å². The van der Waals surface area contributed by atoms with E-state index in [9.17, 15) is 30.0 Å². The molecule has 164 valence electrons. The number of rotatable bonds is 5. The van der Waals surface area contributed by atoms with Gasteiger partial charge in [-0.25, -0.2) is 21.6 Å². The normalized spacial score (nSPS) is 17.2. The van der Waals surface area contributed by atoms with E-state index in [1.165, 1.54) is 12.1 Å². The molecule has 1 aliphatic rings. The highest BCUT2D eigenvalue weighted by Crippen LogP contribution is 2.35. The van der Waals surface area contributed by atoms with Gasteiger partial charge in [-0.15, -0.1) is 0 Å². The van der Waals surface area contributed by atoms with Crippen LogP contribution in [0.3, 0.4) is 0 Å². The van der Waals surface area contributed by atoms with Gasteiger partial charge in [0, 0.05) is 19.1 Å². The van der Waals surface area contributed by atoms with Gasteiger partial charge < -0.3 is 0 Å². The van der Waals surface area contributed by atoms with Crippen molar-refractivity contribution < 1.29 is 30.0 Å². The Hall–Kier alpha value is -1.66. The lowest BCUT2D eigenvalue weighted by molar-refractivity contribution is -0.137. The van der Waals surface area contributed by atoms with Crippen molar-refractivity contribution in [2.24, 2.45) is 0 Å². The maximum absolute atomic E-state index is 13.0. The van der Waals surface area contributed by atoms with Gasteiger partial charge in [0.15, 0.2) is 0 Å². The number of hydrogen-bond donors (Lipinski definition) is 1. The minimum Gasteiger partial charge on any atom is -0.208 e. The first-order valence-corrected chi connectivity index (χ1v) is 12.2. The van der Waals surface area contributed by atoms with E-state index in [1.54, 1.807) is 18.2 Å². The number of sulfonamides is 2. The van der Waals surface area contributed by atoms with Gasteiger partial charge in [-0.1, -0.05) is 29.8 Å². The van der Waals surface area contributed by atoms with Crippen molar-refractivity contribution in [3.05, 3.63) is 59.1 Å². The fraction of sp³-hybridized carbons (Fsp3) is 0.333. The lowest BCUT2D eigenvalue weighted by atomic mass is 10.1. The number of alkyl halides is 3. The van der Waals surface area contributed by atoms with E-state index in [0.29, 0.717) is 12.1 Å². The van der Waals surface area contributed by atoms with Crippen LogP contribution in [0.2, 0.25) is 5.02 Å². The Morgan fingerprint density at radius 2 is 1.57 bits per heavy atom. The maximum atomic E-state index is 13.0. The van der Waals surface area contributed by atoms with Crippen molar-refractivity contribution >= 4 is 31.6 Å². The Labute approximate surface area is 177 Å². The molecule has 0 aromatic heterocycles. The smallest absolute Gasteiger partial charge is 0.208 e. The summed E-state index contributed by atoms with van der Waals surface area (Å²) in [6.07, 6.45) is -4.37. The molecule has 3 rings (SSSR count). The zero-order chi connectivity index (χ0) is 22.2. The monoisotopic (exact) mass is 482 g/mol. The third-order valence-corrected chi connectivity index (χ3v) is 8.62. The van der Waals surface area contributed by atoms with E-state index < -0.39 is 42.7 Å². The molecule has 0 bridgehead atoms. The molecule has 0 radical (unpaired) electrons. The molecule has 1 heterocycles. The summed E-state index contributed by atoms with van der Waals surface area (Å²) < 4.78 is 92.9. The maximum Gasteiger partial charge on any atom is 0.416 e. The van der Waals surface area contributed by atoms with Crippen molar-refractivity contribution in [1.82, 2.24) is 9.03 Å². The Morgan fingerprint density at radius 1 is 0.967 bits per heavy atom. The van der Waals surface area contributed by atoms with Gasteiger partial charge >= 0.3 is 6.18 Å². The molecule has 0 aliphatic carbocycles. The number of nitrogens with zero attached hydrogens (tertiary/aromatic N) is 1. The van der Waals surface area contributed by atoms with Gasteiger partial charge in [0.2, 0.25) is 20.0 Å². The highest BCUT2D eigenvalue weighted by atomic mass is 35.5. The molecule has 0 atom stereocenters. The topological polar surface area (TPSA) is 83.6 Å². The summed E-state index contributed by atoms with van der Waals surface area (Å²) in [6, 6.07) is 9.37. The second-order valence-electron chi connectivity index (χ2n) is 6.76. The summed E-state index contributed by atoms with van der Waals surface area (Å²) in [7, 11) is -8.03. The van der Waals surface area contributed by atoms with Gasteiger partial charge in [0.1, 0.15) is 4.90 Å². The zero-order valence-electron chi connectivity index (χ0n) is 15.4. The van der Waals surface area contributed by atoms with Crippen molar-refractivity contribution in [1.29, 1.82) is 0 Å². The van der Waals surface area contributed by atoms with E-state index >= 15 is 0 Å². The minimum absolute atomic E-state index is 0.0586. The Balaban J connectivity index is 1.73. The van der Waals surface area contributed by atoms with E-state index in [-0.39, 0.29) is 35.8 Å². The molecule has 2 aromatic carbocycles. The quantitative estimate of drug-likeness (QED) is 0.707. The number of benzene rings is 2. The van der Waals surface area contributed by atoms with Crippen molar-refractivity contribution in [2.75, 3.05) is 13.1 Å². The molecule has 0 unspecified atom stereocenters. The molecular formula is C18H18ClF3N2O4S2. The highest BCUT2D eigenvalue weighted by Gasteiger charge is 2.36. The van der Waals surface area contributed by atoms with Crippen LogP contribution in [0.4, 0.5) is 13.2 Å². The fourth-order valence-corrected chi connectivity index (χ4v) is 6.41. The third kappa shape index (κ3) is 4.97. The van der Waals surface area contributed by atoms with Crippen LogP contribution in [0, 0.1) is 0 Å². The standard InChI is InChI=1S/C18H18ClF3N2O4S2/c19-16-7-6-13(18(20,21)22)12-17(16)30(27,28)24-10-8-14(9-11-24)23-29(25,26)15-4-2-1-3-5-15/h1-7,12,14,23H,8-11H2. The lowest BCUT2D eigenvalue weighted by Crippen LogP contribution is -2.46. The van der Waals surface area contributed by atoms with Crippen LogP contribution in [0.1, 0.15) is 18.4 Å². The molecule has 1 N–H and O–H groups in total. The summed E-state index contributed by atoms with van der Waals surface area (Å²) in [5, 5.41) is -0.310. The van der Waals surface area contributed by atoms with Gasteiger partial charge in [0.05, 0.1) is 15.5 Å². The summed E-state index contributed by atoms with van der Waals surface area (Å²) in [5.74, 6) is 0. The molecule has 1 aliphatic heterocycles. The molecule has 12 heteroatoms. The van der Waals surface area contributed by atoms with Crippen molar-refractivity contribution in [2.45, 2.75) is 34.9 Å². The van der Waals surface area contributed by atoms with Gasteiger partial charge in [-0.3, -0.25) is 0 Å². The molecule has 6 nitrogen and oxygen atoms in total. The minimum atomic E-state index is -4.71. The van der Waals surface area contributed by atoms with Crippen LogP contribution >= 0.6 is 11.6 Å². The third-order valence-electron chi connectivity index (χ3n) is 4.71. The van der Waals surface area contributed by atoms with Crippen molar-refractivity contribution in [3.63, 3.8) is 0 Å². The lowest BCUT2D eigenvalue weighted by Gasteiger charge is -2.31. The predicted octanol–water partition coefficient (Wildman–Crippen LogP) is 3.49. The molecule has 1 fully saturated rings. The van der Waals surface area contributed by atoms with Crippen LogP contribution < -0.4 is 4.72 Å². The van der Waals surface area contributed by atoms with E-state index in [4.69, 9.17) is 11.6 Å². The molecule has 0 amide bonds. The average molecular weight is 483 g/mol. The van der Waals surface area contributed by atoms with Crippen LogP contribution in [0.5, 0.6) is 0 Å². The first kappa shape index (κ1) is 23.0. The first-order chi connectivity index (χ1) is 13.9. The van der Waals surface area contributed by atoms with Crippen molar-refractivity contribution in [3.8, 4) is 0 Å². The highest BCUT2D eigenvalue weighted by molar-refractivity contribution is 7.89. The predicted molar refractivity (Wildman–Crippen MR) is 105 cm³/mol. The SMILES string of the molecule is O=S(=O)(NC1CCN(S(=O)(=O)c2cc(C(F)(F)F)ccc2Cl)CC1)c1ccccc1. The average Bonchev–Trinajstić information content (AvgIpc) is 2.68. The number of nitrogens with one attached hydrogen (secondary N) is 1. The largest absolute Gasteiger partial charge is 0.416 e. The Kier molecular flexibility index (Phi) is 6.49. The zero-order valence-corrected chi connectivity index (χ0v) is 17.8.